The van der Waals surface area contributed by atoms with Crippen LogP contribution in [0.15, 0.2) is 22.6 Å². The van der Waals surface area contributed by atoms with E-state index in [0.29, 0.717) is 19.2 Å². The minimum atomic E-state index is 0.296. The van der Waals surface area contributed by atoms with E-state index in [1.165, 1.54) is 0 Å². The molecule has 94 valence electrons. The quantitative estimate of drug-likeness (QED) is 0.900. The standard InChI is InChI=1S/C13H14N2O3/c1-8-11(18-13(14-2)15-8)5-9-3-4-10-12(6-9)17-7-16-10/h3-4,6H,5,7H2,1-2H3,(H,14,15). The highest BCUT2D eigenvalue weighted by Crippen LogP contribution is 2.33. The zero-order valence-corrected chi connectivity index (χ0v) is 10.3. The van der Waals surface area contributed by atoms with Crippen molar-refractivity contribution in [1.82, 2.24) is 4.98 Å². The topological polar surface area (TPSA) is 56.5 Å². The first kappa shape index (κ1) is 11.0. The van der Waals surface area contributed by atoms with Crippen molar-refractivity contribution >= 4 is 6.01 Å². The first-order valence-corrected chi connectivity index (χ1v) is 5.79. The predicted octanol–water partition coefficient (Wildman–Crippen LogP) is 2.34. The van der Waals surface area contributed by atoms with Crippen LogP contribution in [0, 0.1) is 6.92 Å². The second-order valence-corrected chi connectivity index (χ2v) is 4.14. The Balaban J connectivity index is 1.85. The highest BCUT2D eigenvalue weighted by atomic mass is 16.7. The predicted molar refractivity (Wildman–Crippen MR) is 66.2 cm³/mol. The molecule has 3 rings (SSSR count). The second-order valence-electron chi connectivity index (χ2n) is 4.14. The monoisotopic (exact) mass is 246 g/mol. The summed E-state index contributed by atoms with van der Waals surface area (Å²) in [7, 11) is 1.79. The van der Waals surface area contributed by atoms with E-state index in [0.717, 1.165) is 28.5 Å². The number of aromatic nitrogens is 1. The number of nitrogens with one attached hydrogen (secondary N) is 1. The molecule has 0 aliphatic carbocycles. The van der Waals surface area contributed by atoms with Crippen LogP contribution in [-0.2, 0) is 6.42 Å². The number of hydrogen-bond acceptors (Lipinski definition) is 5. The van der Waals surface area contributed by atoms with Crippen LogP contribution in [-0.4, -0.2) is 18.8 Å². The molecule has 0 unspecified atom stereocenters. The molecule has 1 aromatic carbocycles. The fraction of sp³-hybridized carbons (Fsp3) is 0.308. The molecule has 0 bridgehead atoms. The van der Waals surface area contributed by atoms with Crippen LogP contribution in [0.25, 0.3) is 0 Å². The third-order valence-electron chi connectivity index (χ3n) is 2.91. The highest BCUT2D eigenvalue weighted by Gasteiger charge is 2.15. The lowest BCUT2D eigenvalue weighted by Gasteiger charge is -2.01. The van der Waals surface area contributed by atoms with Gasteiger partial charge in [0.15, 0.2) is 11.5 Å². The molecule has 0 atom stereocenters. The highest BCUT2D eigenvalue weighted by molar-refractivity contribution is 5.45. The van der Waals surface area contributed by atoms with Crippen LogP contribution in [0.5, 0.6) is 11.5 Å². The van der Waals surface area contributed by atoms with Gasteiger partial charge in [0, 0.05) is 13.5 Å². The minimum absolute atomic E-state index is 0.296. The normalized spacial score (nSPS) is 12.8. The largest absolute Gasteiger partial charge is 0.454 e. The molecule has 2 aromatic rings. The lowest BCUT2D eigenvalue weighted by molar-refractivity contribution is 0.174. The van der Waals surface area contributed by atoms with Crippen LogP contribution in [0.2, 0.25) is 0 Å². The van der Waals surface area contributed by atoms with E-state index in [1.54, 1.807) is 7.05 Å². The zero-order valence-electron chi connectivity index (χ0n) is 10.3. The van der Waals surface area contributed by atoms with E-state index < -0.39 is 0 Å². The molecule has 0 spiro atoms. The van der Waals surface area contributed by atoms with Gasteiger partial charge in [0.05, 0.1) is 5.69 Å². The molecule has 0 saturated heterocycles. The molecular weight excluding hydrogens is 232 g/mol. The molecular formula is C13H14N2O3. The van der Waals surface area contributed by atoms with Gasteiger partial charge < -0.3 is 19.2 Å². The Morgan fingerprint density at radius 3 is 2.89 bits per heavy atom. The smallest absolute Gasteiger partial charge is 0.294 e. The number of ether oxygens (including phenoxy) is 2. The second kappa shape index (κ2) is 4.25. The summed E-state index contributed by atoms with van der Waals surface area (Å²) in [6.45, 7) is 2.23. The fourth-order valence-electron chi connectivity index (χ4n) is 1.94. The summed E-state index contributed by atoms with van der Waals surface area (Å²) in [5.74, 6) is 2.45. The van der Waals surface area contributed by atoms with Gasteiger partial charge in [-0.15, -0.1) is 0 Å². The van der Waals surface area contributed by atoms with Gasteiger partial charge in [-0.1, -0.05) is 6.07 Å². The number of oxazole rings is 1. The molecule has 1 aliphatic rings. The maximum absolute atomic E-state index is 5.59. The van der Waals surface area contributed by atoms with Crippen LogP contribution in [0.1, 0.15) is 17.0 Å². The van der Waals surface area contributed by atoms with Crippen molar-refractivity contribution in [2.45, 2.75) is 13.3 Å². The van der Waals surface area contributed by atoms with Gasteiger partial charge in [-0.25, -0.2) is 0 Å². The Bertz CT molecular complexity index is 578. The Kier molecular flexibility index (Phi) is 2.59. The molecule has 0 radical (unpaired) electrons. The summed E-state index contributed by atoms with van der Waals surface area (Å²) in [4.78, 5) is 4.26. The molecule has 1 aromatic heterocycles. The molecule has 0 fully saturated rings. The summed E-state index contributed by atoms with van der Waals surface area (Å²) in [6.07, 6.45) is 0.692. The van der Waals surface area contributed by atoms with Gasteiger partial charge in [-0.3, -0.25) is 0 Å². The lowest BCUT2D eigenvalue weighted by atomic mass is 10.1. The molecule has 0 amide bonds. The number of aryl methyl sites for hydroxylation is 1. The average Bonchev–Trinajstić information content (AvgIpc) is 2.96. The summed E-state index contributed by atoms with van der Waals surface area (Å²) < 4.78 is 16.2. The van der Waals surface area contributed by atoms with Crippen LogP contribution in [0.4, 0.5) is 6.01 Å². The number of hydrogen-bond donors (Lipinski definition) is 1. The summed E-state index contributed by atoms with van der Waals surface area (Å²) in [5, 5.41) is 2.89. The Morgan fingerprint density at radius 1 is 1.28 bits per heavy atom. The van der Waals surface area contributed by atoms with Crippen molar-refractivity contribution in [2.24, 2.45) is 0 Å². The van der Waals surface area contributed by atoms with Gasteiger partial charge in [0.2, 0.25) is 6.79 Å². The summed E-state index contributed by atoms with van der Waals surface area (Å²) >= 11 is 0. The van der Waals surface area contributed by atoms with E-state index in [4.69, 9.17) is 13.9 Å². The van der Waals surface area contributed by atoms with Crippen molar-refractivity contribution in [2.75, 3.05) is 19.2 Å². The van der Waals surface area contributed by atoms with Crippen LogP contribution < -0.4 is 14.8 Å². The van der Waals surface area contributed by atoms with E-state index in [1.807, 2.05) is 25.1 Å². The van der Waals surface area contributed by atoms with Gasteiger partial charge >= 0.3 is 0 Å². The van der Waals surface area contributed by atoms with Crippen LogP contribution in [0.3, 0.4) is 0 Å². The molecule has 1 N–H and O–H groups in total. The van der Waals surface area contributed by atoms with Crippen molar-refractivity contribution in [1.29, 1.82) is 0 Å². The van der Waals surface area contributed by atoms with E-state index >= 15 is 0 Å². The van der Waals surface area contributed by atoms with E-state index in [9.17, 15) is 0 Å². The number of benzene rings is 1. The van der Waals surface area contributed by atoms with Crippen molar-refractivity contribution in [3.63, 3.8) is 0 Å². The van der Waals surface area contributed by atoms with Crippen molar-refractivity contribution in [3.05, 3.63) is 35.2 Å². The number of anilines is 1. The first-order chi connectivity index (χ1) is 8.76. The van der Waals surface area contributed by atoms with E-state index in [-0.39, 0.29) is 0 Å². The molecule has 2 heterocycles. The Hall–Kier alpha value is -2.17. The Morgan fingerprint density at radius 2 is 2.11 bits per heavy atom. The molecule has 0 saturated carbocycles. The summed E-state index contributed by atoms with van der Waals surface area (Å²) in [5.41, 5.74) is 2.01. The van der Waals surface area contributed by atoms with Gasteiger partial charge in [-0.2, -0.15) is 4.98 Å². The average molecular weight is 246 g/mol. The SMILES string of the molecule is CNc1nc(C)c(Cc2ccc3c(c2)OCO3)o1. The summed E-state index contributed by atoms with van der Waals surface area (Å²) in [6, 6.07) is 6.45. The van der Waals surface area contributed by atoms with Crippen molar-refractivity contribution in [3.8, 4) is 11.5 Å². The number of fused-ring (bicyclic) bond motifs is 1. The van der Waals surface area contributed by atoms with Gasteiger partial charge in [0.25, 0.3) is 6.01 Å². The third kappa shape index (κ3) is 1.88. The fourth-order valence-corrected chi connectivity index (χ4v) is 1.94. The van der Waals surface area contributed by atoms with Gasteiger partial charge in [0.1, 0.15) is 5.76 Å². The van der Waals surface area contributed by atoms with Gasteiger partial charge in [-0.05, 0) is 24.6 Å². The maximum atomic E-state index is 5.59. The number of rotatable bonds is 3. The molecule has 5 nitrogen and oxygen atoms in total. The molecule has 18 heavy (non-hydrogen) atoms. The number of nitrogens with zero attached hydrogens (tertiary/aromatic N) is 1. The Labute approximate surface area is 105 Å². The molecule has 1 aliphatic heterocycles. The van der Waals surface area contributed by atoms with E-state index in [2.05, 4.69) is 10.3 Å². The third-order valence-corrected chi connectivity index (χ3v) is 2.91. The van der Waals surface area contributed by atoms with Crippen LogP contribution >= 0.6 is 0 Å². The zero-order chi connectivity index (χ0) is 12.5. The van der Waals surface area contributed by atoms with Crippen molar-refractivity contribution < 1.29 is 13.9 Å². The first-order valence-electron chi connectivity index (χ1n) is 5.79. The minimum Gasteiger partial charge on any atom is -0.454 e. The molecule has 5 heteroatoms. The maximum Gasteiger partial charge on any atom is 0.294 e. The lowest BCUT2D eigenvalue weighted by Crippen LogP contribution is -1.93.